The number of likely N-dealkylation sites (N-methyl/N-ethyl adjacent to an activating group) is 7. The maximum atomic E-state index is 15.2. The summed E-state index contributed by atoms with van der Waals surface area (Å²) >= 11 is 0. The van der Waals surface area contributed by atoms with Gasteiger partial charge < -0.3 is 70.5 Å². The van der Waals surface area contributed by atoms with Crippen LogP contribution in [0.3, 0.4) is 0 Å². The third-order valence-corrected chi connectivity index (χ3v) is 18.2. The summed E-state index contributed by atoms with van der Waals surface area (Å²) < 4.78 is 11.9. The molecular weight excluding hydrogens is 1230 g/mol. The average Bonchev–Trinajstić information content (AvgIpc) is 1.24. The van der Waals surface area contributed by atoms with Gasteiger partial charge in [-0.05, 0) is 106 Å². The Hall–Kier alpha value is -6.76. The van der Waals surface area contributed by atoms with Crippen molar-refractivity contribution in [3.63, 3.8) is 0 Å². The van der Waals surface area contributed by atoms with Crippen LogP contribution < -0.4 is 21.3 Å². The number of nitrogens with one attached hydrogen (secondary N) is 4. The van der Waals surface area contributed by atoms with Crippen LogP contribution in [0.2, 0.25) is 0 Å². The quantitative estimate of drug-likeness (QED) is 0.0817. The van der Waals surface area contributed by atoms with Gasteiger partial charge in [-0.25, -0.2) is 0 Å². The number of amides is 11. The summed E-state index contributed by atoms with van der Waals surface area (Å²) in [6.07, 6.45) is 1.82. The highest BCUT2D eigenvalue weighted by Crippen LogP contribution is 2.39. The third kappa shape index (κ3) is 23.6. The molecule has 0 radical (unpaired) electrons. The molecule has 1 saturated heterocycles. The molecule has 2 unspecified atom stereocenters. The average molecular weight is 1340 g/mol. The standard InChI is InChI=1S/C67H114N11O15P/c1-23-26-27-43(14)57(80)56-61(84)70-48(24-2)63(86)72(17)36-53(79)78(25-3)50(35-46-28-30-47(31-29-46)37-94(91,92)93)60(83)71-54(41(10)11)66(89)73(18)49(32-38(4)5)59(82)68-44(15)58(81)69-45(16)62(85)74(19)51(33-39(6)7)64(87)75(20)52(34-40(8)9)65(88)76(21)55(42(12)13)67(90)77(56)22/h23,26,28-31,38-45,48-52,54-57,80H,24-25,27,32-37H2,1-22H3,(H,68,82)(H,69,81)(H,70,84)(H,71,83)(H2,91,92,93)/b26-23+/t43-,44+,45-,48?,49+,50?,51+,52+,54+,55+,56+,57-/m1/s1. The van der Waals surface area contributed by atoms with Crippen LogP contribution in [0.15, 0.2) is 36.4 Å². The molecule has 1 aliphatic heterocycles. The van der Waals surface area contributed by atoms with E-state index in [9.17, 15) is 53.0 Å². The summed E-state index contributed by atoms with van der Waals surface area (Å²) in [6.45, 7) is 26.6. The molecule has 1 heterocycles. The molecule has 0 spiro atoms. The van der Waals surface area contributed by atoms with Gasteiger partial charge in [-0.2, -0.15) is 0 Å². The van der Waals surface area contributed by atoms with Crippen molar-refractivity contribution in [2.75, 3.05) is 55.4 Å². The highest BCUT2D eigenvalue weighted by Gasteiger charge is 2.46. The number of nitrogens with zero attached hydrogens (tertiary/aromatic N) is 7. The number of aliphatic hydroxyl groups excluding tert-OH is 1. The lowest BCUT2D eigenvalue weighted by molar-refractivity contribution is -0.157. The van der Waals surface area contributed by atoms with Crippen molar-refractivity contribution < 1.29 is 72.2 Å². The lowest BCUT2D eigenvalue weighted by Crippen LogP contribution is -2.63. The lowest BCUT2D eigenvalue weighted by atomic mass is 9.91. The highest BCUT2D eigenvalue weighted by molar-refractivity contribution is 7.50. The van der Waals surface area contributed by atoms with E-state index in [0.717, 1.165) is 9.80 Å². The molecule has 12 atom stereocenters. The van der Waals surface area contributed by atoms with Gasteiger partial charge in [0.25, 0.3) is 0 Å². The van der Waals surface area contributed by atoms with Crippen molar-refractivity contribution in [3.05, 3.63) is 47.5 Å². The van der Waals surface area contributed by atoms with E-state index in [4.69, 9.17) is 0 Å². The van der Waals surface area contributed by atoms with Crippen molar-refractivity contribution >= 4 is 72.6 Å². The van der Waals surface area contributed by atoms with E-state index in [1.165, 1.54) is 92.8 Å². The summed E-state index contributed by atoms with van der Waals surface area (Å²) in [6, 6.07) is -7.11. The van der Waals surface area contributed by atoms with Gasteiger partial charge >= 0.3 is 7.60 Å². The Bertz CT molecular complexity index is 2850. The SMILES string of the molecule is C/C=C/C[C@@H](C)[C@@H](O)[C@H]1C(=O)NC(CC)C(=O)N(C)CC(=O)N(CC)C(Cc2ccc(CP(=O)(O)O)cc2)C(=O)N[C@@H](C(C)C)C(=O)N(C)[C@@H](CC(C)C)C(=O)N[C@@H](C)C(=O)N[C@H](C)C(=O)N(C)[C@@H](CC(C)C)C(=O)N(C)[C@@H](CC(C)C)C(=O)N(C)[C@@H](C(C)C)C(=O)N1C. The molecule has 0 aromatic heterocycles. The molecule has 2 rings (SSSR count). The second-order valence-corrected chi connectivity index (χ2v) is 29.1. The van der Waals surface area contributed by atoms with Gasteiger partial charge in [0, 0.05) is 55.3 Å². The summed E-state index contributed by atoms with van der Waals surface area (Å²) in [5.74, 6) is -10.5. The largest absolute Gasteiger partial charge is 0.390 e. The van der Waals surface area contributed by atoms with Crippen molar-refractivity contribution in [1.29, 1.82) is 0 Å². The molecule has 94 heavy (non-hydrogen) atoms. The van der Waals surface area contributed by atoms with E-state index in [2.05, 4.69) is 21.3 Å². The van der Waals surface area contributed by atoms with E-state index in [1.807, 2.05) is 41.5 Å². The maximum Gasteiger partial charge on any atom is 0.329 e. The van der Waals surface area contributed by atoms with Crippen molar-refractivity contribution in [2.24, 2.45) is 35.5 Å². The fraction of sp³-hybridized carbons (Fsp3) is 0.716. The van der Waals surface area contributed by atoms with E-state index in [-0.39, 0.29) is 62.8 Å². The summed E-state index contributed by atoms with van der Waals surface area (Å²) in [7, 11) is 3.86. The molecule has 26 nitrogen and oxygen atoms in total. The van der Waals surface area contributed by atoms with Crippen LogP contribution >= 0.6 is 7.60 Å². The Labute approximate surface area is 558 Å². The van der Waals surface area contributed by atoms with E-state index in [0.29, 0.717) is 11.1 Å². The number of hydrogen-bond donors (Lipinski definition) is 7. The van der Waals surface area contributed by atoms with Gasteiger partial charge in [0.1, 0.15) is 60.4 Å². The molecule has 1 aromatic rings. The van der Waals surface area contributed by atoms with Gasteiger partial charge in [-0.15, -0.1) is 0 Å². The first-order valence-electron chi connectivity index (χ1n) is 33.0. The third-order valence-electron chi connectivity index (χ3n) is 17.4. The van der Waals surface area contributed by atoms with Crippen LogP contribution in [0.1, 0.15) is 154 Å². The molecule has 7 N–H and O–H groups in total. The molecule has 0 aliphatic carbocycles. The normalized spacial score (nSPS) is 25.6. The Morgan fingerprint density at radius 1 is 0.532 bits per heavy atom. The monoisotopic (exact) mass is 1340 g/mol. The number of benzene rings is 1. The van der Waals surface area contributed by atoms with Crippen LogP contribution in [0, 0.1) is 35.5 Å². The Morgan fingerprint density at radius 2 is 0.989 bits per heavy atom. The number of hydrogen-bond acceptors (Lipinski definition) is 13. The minimum Gasteiger partial charge on any atom is -0.390 e. The maximum absolute atomic E-state index is 15.2. The van der Waals surface area contributed by atoms with Crippen LogP contribution in [-0.2, 0) is 69.9 Å². The molecule has 532 valence electrons. The smallest absolute Gasteiger partial charge is 0.329 e. The van der Waals surface area contributed by atoms with Crippen LogP contribution in [-0.4, -0.2) is 236 Å². The number of aliphatic hydroxyl groups is 1. The molecule has 27 heteroatoms. The number of rotatable bonds is 18. The first-order valence-corrected chi connectivity index (χ1v) is 34.8. The van der Waals surface area contributed by atoms with Crippen molar-refractivity contribution in [1.82, 2.24) is 55.6 Å². The van der Waals surface area contributed by atoms with E-state index in [1.54, 1.807) is 79.7 Å². The van der Waals surface area contributed by atoms with Gasteiger partial charge in [-0.3, -0.25) is 57.3 Å². The first kappa shape index (κ1) is 83.3. The van der Waals surface area contributed by atoms with E-state index >= 15 is 19.2 Å². The Morgan fingerprint density at radius 3 is 1.46 bits per heavy atom. The second kappa shape index (κ2) is 37.5. The molecular formula is C67H114N11O15P. The predicted molar refractivity (Wildman–Crippen MR) is 360 cm³/mol. The van der Waals surface area contributed by atoms with Crippen molar-refractivity contribution in [3.8, 4) is 0 Å². The fourth-order valence-electron chi connectivity index (χ4n) is 11.8. The zero-order chi connectivity index (χ0) is 72.3. The zero-order valence-electron chi connectivity index (χ0n) is 60.0. The van der Waals surface area contributed by atoms with Crippen LogP contribution in [0.4, 0.5) is 0 Å². The minimum atomic E-state index is -4.48. The Kier molecular flexibility index (Phi) is 33.3. The molecule has 1 aromatic carbocycles. The highest BCUT2D eigenvalue weighted by atomic mass is 31.2. The molecule has 11 amide bonds. The second-order valence-electron chi connectivity index (χ2n) is 27.5. The Balaban J connectivity index is 3.07. The zero-order valence-corrected chi connectivity index (χ0v) is 60.9. The lowest BCUT2D eigenvalue weighted by Gasteiger charge is -2.41. The van der Waals surface area contributed by atoms with Gasteiger partial charge in [-0.1, -0.05) is 120 Å². The van der Waals surface area contributed by atoms with Gasteiger partial charge in [0.2, 0.25) is 65.0 Å². The molecule has 0 saturated carbocycles. The van der Waals surface area contributed by atoms with Gasteiger partial charge in [0.15, 0.2) is 0 Å². The number of carbonyl (C=O) groups excluding carboxylic acids is 11. The summed E-state index contributed by atoms with van der Waals surface area (Å²) in [5.41, 5.74) is 0.747. The van der Waals surface area contributed by atoms with E-state index < -0.39 is 170 Å². The number of allylic oxidation sites excluding steroid dienone is 2. The van der Waals surface area contributed by atoms with Crippen LogP contribution in [0.25, 0.3) is 0 Å². The topological polar surface area (TPSA) is 336 Å². The molecule has 0 bridgehead atoms. The van der Waals surface area contributed by atoms with Crippen molar-refractivity contribution in [2.45, 2.75) is 222 Å². The van der Waals surface area contributed by atoms with Crippen LogP contribution in [0.5, 0.6) is 0 Å². The minimum absolute atomic E-state index is 0.0403. The molecule has 1 fully saturated rings. The first-order chi connectivity index (χ1) is 43.5. The summed E-state index contributed by atoms with van der Waals surface area (Å²) in [5, 5.41) is 23.1. The number of carbonyl (C=O) groups is 11. The fourth-order valence-corrected chi connectivity index (χ4v) is 12.4. The predicted octanol–water partition coefficient (Wildman–Crippen LogP) is 3.53. The van der Waals surface area contributed by atoms with Gasteiger partial charge in [0.05, 0.1) is 18.8 Å². The summed E-state index contributed by atoms with van der Waals surface area (Å²) in [4.78, 5) is 190. The molecule has 1 aliphatic rings.